The fraction of sp³-hybridized carbons (Fsp3) is 0.385. The number of H-pyrrole nitrogens is 1. The highest BCUT2D eigenvalue weighted by molar-refractivity contribution is 7.91. The molecule has 0 saturated carbocycles. The van der Waals surface area contributed by atoms with Gasteiger partial charge < -0.3 is 4.98 Å². The van der Waals surface area contributed by atoms with Crippen LogP contribution in [-0.4, -0.2) is 54.9 Å². The highest BCUT2D eigenvalue weighted by Crippen LogP contribution is 2.38. The van der Waals surface area contributed by atoms with Gasteiger partial charge in [-0.25, -0.2) is 4.39 Å². The van der Waals surface area contributed by atoms with E-state index < -0.39 is 21.0 Å². The minimum absolute atomic E-state index is 0.0744. The van der Waals surface area contributed by atoms with Crippen LogP contribution >= 0.6 is 0 Å². The highest BCUT2D eigenvalue weighted by atomic mass is 32.2. The van der Waals surface area contributed by atoms with Crippen molar-refractivity contribution in [2.24, 2.45) is 5.92 Å². The molecule has 5 rings (SSSR count). The van der Waals surface area contributed by atoms with Crippen molar-refractivity contribution < 1.29 is 17.0 Å². The zero-order valence-electron chi connectivity index (χ0n) is 20.6. The summed E-state index contributed by atoms with van der Waals surface area (Å²) in [6, 6.07) is 9.93. The zero-order chi connectivity index (χ0) is 25.6. The van der Waals surface area contributed by atoms with Gasteiger partial charge in [0.15, 0.2) is 0 Å². The summed E-state index contributed by atoms with van der Waals surface area (Å²) in [4.78, 5) is 5.99. The van der Waals surface area contributed by atoms with E-state index >= 15 is 0 Å². The molecule has 2 aromatic carbocycles. The standard InChI is InChI=1S/C26H31FN4O3S2/c1-17(2)26-22-7-5-20(35(3)32)15-25(22)31(36(33,34)29-26)13-12-30-10-8-18(9-11-30)23-16-28-24-14-19(27)4-6-21(23)24/h4-8,14-17,26,28-29H,9-13H2,1-3H3. The van der Waals surface area contributed by atoms with Gasteiger partial charge in [0.05, 0.1) is 11.7 Å². The van der Waals surface area contributed by atoms with Crippen LogP contribution in [0.15, 0.2) is 53.6 Å². The molecule has 7 nitrogen and oxygen atoms in total. The number of nitrogens with one attached hydrogen (secondary N) is 2. The number of benzene rings is 2. The minimum atomic E-state index is -3.74. The number of aromatic amines is 1. The number of anilines is 1. The largest absolute Gasteiger partial charge is 0.360 e. The first-order valence-corrected chi connectivity index (χ1v) is 15.1. The molecule has 36 heavy (non-hydrogen) atoms. The third kappa shape index (κ3) is 4.74. The topological polar surface area (TPSA) is 85.5 Å². The molecule has 0 fully saturated rings. The summed E-state index contributed by atoms with van der Waals surface area (Å²) in [6.45, 7) is 6.32. The average Bonchev–Trinajstić information content (AvgIpc) is 3.25. The predicted molar refractivity (Wildman–Crippen MR) is 143 cm³/mol. The zero-order valence-corrected chi connectivity index (χ0v) is 22.3. The molecule has 0 spiro atoms. The van der Waals surface area contributed by atoms with Crippen LogP contribution in [0.4, 0.5) is 10.1 Å². The number of hydrogen-bond donors (Lipinski definition) is 2. The number of aromatic nitrogens is 1. The van der Waals surface area contributed by atoms with Gasteiger partial charge in [-0.2, -0.15) is 13.1 Å². The Morgan fingerprint density at radius 2 is 1.97 bits per heavy atom. The Hall–Kier alpha value is -2.53. The maximum atomic E-state index is 13.5. The summed E-state index contributed by atoms with van der Waals surface area (Å²) < 4.78 is 56.4. The second-order valence-electron chi connectivity index (χ2n) is 9.76. The lowest BCUT2D eigenvalue weighted by Gasteiger charge is -2.38. The van der Waals surface area contributed by atoms with Gasteiger partial charge in [0.2, 0.25) is 0 Å². The van der Waals surface area contributed by atoms with Gasteiger partial charge in [-0.1, -0.05) is 26.0 Å². The summed E-state index contributed by atoms with van der Waals surface area (Å²) in [5.41, 5.74) is 4.59. The second kappa shape index (κ2) is 9.74. The molecule has 10 heteroatoms. The van der Waals surface area contributed by atoms with Crippen molar-refractivity contribution in [3.8, 4) is 0 Å². The van der Waals surface area contributed by atoms with Crippen LogP contribution in [0.3, 0.4) is 0 Å². The molecule has 0 bridgehead atoms. The summed E-state index contributed by atoms with van der Waals surface area (Å²) in [7, 11) is -4.95. The average molecular weight is 531 g/mol. The molecule has 2 N–H and O–H groups in total. The number of halogens is 1. The van der Waals surface area contributed by atoms with E-state index in [1.54, 1.807) is 18.4 Å². The minimum Gasteiger partial charge on any atom is -0.360 e. The first-order chi connectivity index (χ1) is 17.1. The Bertz CT molecular complexity index is 1470. The summed E-state index contributed by atoms with van der Waals surface area (Å²) in [5, 5.41) is 1.00. The first kappa shape index (κ1) is 25.1. The van der Waals surface area contributed by atoms with E-state index in [1.165, 1.54) is 22.0 Å². The molecule has 0 radical (unpaired) electrons. The van der Waals surface area contributed by atoms with Crippen molar-refractivity contribution in [3.05, 3.63) is 65.6 Å². The Kier molecular flexibility index (Phi) is 6.80. The van der Waals surface area contributed by atoms with Crippen LogP contribution in [0, 0.1) is 11.7 Å². The van der Waals surface area contributed by atoms with Crippen molar-refractivity contribution in [1.82, 2.24) is 14.6 Å². The van der Waals surface area contributed by atoms with E-state index in [0.717, 1.165) is 35.0 Å². The van der Waals surface area contributed by atoms with Crippen LogP contribution < -0.4 is 9.03 Å². The van der Waals surface area contributed by atoms with Gasteiger partial charge in [0.25, 0.3) is 0 Å². The van der Waals surface area contributed by atoms with Crippen LogP contribution in [0.5, 0.6) is 0 Å². The monoisotopic (exact) mass is 530 g/mol. The lowest BCUT2D eigenvalue weighted by molar-refractivity contribution is 0.310. The quantitative estimate of drug-likeness (QED) is 0.501. The van der Waals surface area contributed by atoms with Gasteiger partial charge in [-0.15, -0.1) is 0 Å². The number of nitrogens with zero attached hydrogens (tertiary/aromatic N) is 2. The molecule has 2 atom stereocenters. The molecule has 192 valence electrons. The lowest BCUT2D eigenvalue weighted by Crippen LogP contribution is -2.50. The Morgan fingerprint density at radius 1 is 1.17 bits per heavy atom. The van der Waals surface area contributed by atoms with E-state index in [-0.39, 0.29) is 17.8 Å². The molecular weight excluding hydrogens is 499 g/mol. The summed E-state index contributed by atoms with van der Waals surface area (Å²) >= 11 is 0. The van der Waals surface area contributed by atoms with Gasteiger partial charge in [0, 0.05) is 70.8 Å². The maximum absolute atomic E-state index is 13.5. The Labute approximate surface area is 214 Å². The van der Waals surface area contributed by atoms with Crippen molar-refractivity contribution >= 4 is 43.2 Å². The lowest BCUT2D eigenvalue weighted by atomic mass is 9.95. The molecule has 0 amide bonds. The van der Waals surface area contributed by atoms with Gasteiger partial charge >= 0.3 is 10.2 Å². The van der Waals surface area contributed by atoms with E-state index in [1.807, 2.05) is 32.2 Å². The maximum Gasteiger partial charge on any atom is 0.302 e. The fourth-order valence-electron chi connectivity index (χ4n) is 5.09. The summed E-state index contributed by atoms with van der Waals surface area (Å²) in [5.74, 6) is -0.189. The van der Waals surface area contributed by atoms with Crippen molar-refractivity contribution in [1.29, 1.82) is 0 Å². The molecule has 1 aromatic heterocycles. The van der Waals surface area contributed by atoms with Crippen LogP contribution in [0.2, 0.25) is 0 Å². The number of rotatable bonds is 6. The molecule has 2 aliphatic rings. The molecule has 0 aliphatic carbocycles. The number of fused-ring (bicyclic) bond motifs is 2. The second-order valence-corrected chi connectivity index (χ2v) is 12.8. The van der Waals surface area contributed by atoms with Crippen molar-refractivity contribution in [3.63, 3.8) is 0 Å². The van der Waals surface area contributed by atoms with Crippen LogP contribution in [0.25, 0.3) is 16.5 Å². The predicted octanol–water partition coefficient (Wildman–Crippen LogP) is 4.19. The SMILES string of the molecule is CC(C)C1NS(=O)(=O)N(CCN2CC=C(c3c[nH]c4cc(F)ccc34)CC2)c2cc(S(C)=O)ccc21. The van der Waals surface area contributed by atoms with E-state index in [4.69, 9.17) is 0 Å². The molecule has 2 aliphatic heterocycles. The number of hydrogen-bond acceptors (Lipinski definition) is 4. The third-order valence-electron chi connectivity index (χ3n) is 7.07. The fourth-order valence-corrected chi connectivity index (χ4v) is 7.21. The highest BCUT2D eigenvalue weighted by Gasteiger charge is 2.37. The summed E-state index contributed by atoms with van der Waals surface area (Å²) in [6.07, 6.45) is 6.51. The van der Waals surface area contributed by atoms with E-state index in [9.17, 15) is 17.0 Å². The van der Waals surface area contributed by atoms with E-state index in [2.05, 4.69) is 20.7 Å². The molecular formula is C26H31FN4O3S2. The van der Waals surface area contributed by atoms with Gasteiger partial charge in [-0.05, 0) is 53.8 Å². The van der Waals surface area contributed by atoms with E-state index in [0.29, 0.717) is 30.2 Å². The third-order valence-corrected chi connectivity index (χ3v) is 9.50. The Morgan fingerprint density at radius 3 is 2.67 bits per heavy atom. The van der Waals surface area contributed by atoms with Gasteiger partial charge in [-0.3, -0.25) is 13.4 Å². The van der Waals surface area contributed by atoms with Gasteiger partial charge in [0.1, 0.15) is 5.82 Å². The van der Waals surface area contributed by atoms with Crippen molar-refractivity contribution in [2.45, 2.75) is 31.2 Å². The molecule has 0 saturated heterocycles. The first-order valence-electron chi connectivity index (χ1n) is 12.1. The molecule has 2 unspecified atom stereocenters. The Balaban J connectivity index is 1.35. The van der Waals surface area contributed by atoms with Crippen LogP contribution in [0.1, 0.15) is 37.4 Å². The van der Waals surface area contributed by atoms with Crippen LogP contribution in [-0.2, 0) is 21.0 Å². The molecule has 3 heterocycles. The van der Waals surface area contributed by atoms with Crippen molar-refractivity contribution in [2.75, 3.05) is 36.7 Å². The normalized spacial score (nSPS) is 21.0. The smallest absolute Gasteiger partial charge is 0.302 e. The molecule has 3 aromatic rings.